The average Bonchev–Trinajstić information content (AvgIpc) is 2.69. The number of unbranched alkanes of at least 4 members (excludes halogenated alkanes) is 3. The normalized spacial score (nSPS) is 12.5. The molecule has 0 saturated heterocycles. The van der Waals surface area contributed by atoms with Crippen LogP contribution in [0.25, 0.3) is 0 Å². The maximum atomic E-state index is 10.8. The zero-order valence-electron chi connectivity index (χ0n) is 18.2. The Balaban J connectivity index is 3.00. The summed E-state index contributed by atoms with van der Waals surface area (Å²) in [5.41, 5.74) is 1.82. The van der Waals surface area contributed by atoms with Crippen LogP contribution in [0.1, 0.15) is 97.1 Å². The standard InChI is InChI=1S/C24H44NO/c1-6-11-18-25(19-12-7-2,20-13-8-3)21-22-14-16-23(17-15-22)24(26,9-4)10-5/h14-17,26H,6-13,18-21H2,1-5H3/q+1. The monoisotopic (exact) mass is 362 g/mol. The van der Waals surface area contributed by atoms with Crippen LogP contribution in [0.5, 0.6) is 0 Å². The van der Waals surface area contributed by atoms with Crippen LogP contribution in [0.3, 0.4) is 0 Å². The van der Waals surface area contributed by atoms with Gasteiger partial charge in [-0.2, -0.15) is 0 Å². The topological polar surface area (TPSA) is 20.2 Å². The minimum atomic E-state index is -0.670. The quantitative estimate of drug-likeness (QED) is 0.379. The number of benzene rings is 1. The first-order valence-electron chi connectivity index (χ1n) is 11.2. The highest BCUT2D eigenvalue weighted by Crippen LogP contribution is 2.29. The van der Waals surface area contributed by atoms with Crippen molar-refractivity contribution in [3.8, 4) is 0 Å². The molecule has 0 fully saturated rings. The number of hydrogen-bond acceptors (Lipinski definition) is 1. The van der Waals surface area contributed by atoms with Gasteiger partial charge in [0.25, 0.3) is 0 Å². The van der Waals surface area contributed by atoms with E-state index in [4.69, 9.17) is 0 Å². The second-order valence-corrected chi connectivity index (χ2v) is 8.17. The minimum Gasteiger partial charge on any atom is -0.385 e. The Morgan fingerprint density at radius 3 is 1.50 bits per heavy atom. The molecule has 2 nitrogen and oxygen atoms in total. The zero-order valence-corrected chi connectivity index (χ0v) is 18.2. The highest BCUT2D eigenvalue weighted by Gasteiger charge is 2.28. The summed E-state index contributed by atoms with van der Waals surface area (Å²) in [7, 11) is 0. The molecule has 1 rings (SSSR count). The fourth-order valence-electron chi connectivity index (χ4n) is 4.02. The Morgan fingerprint density at radius 1 is 0.731 bits per heavy atom. The molecule has 0 aliphatic heterocycles. The third-order valence-corrected chi connectivity index (χ3v) is 6.14. The lowest BCUT2D eigenvalue weighted by Gasteiger charge is -2.39. The molecule has 150 valence electrons. The van der Waals surface area contributed by atoms with Gasteiger partial charge in [0.05, 0.1) is 25.2 Å². The maximum Gasteiger partial charge on any atom is 0.104 e. The van der Waals surface area contributed by atoms with Crippen molar-refractivity contribution >= 4 is 0 Å². The van der Waals surface area contributed by atoms with E-state index in [1.54, 1.807) is 0 Å². The fourth-order valence-corrected chi connectivity index (χ4v) is 4.02. The molecule has 0 heterocycles. The van der Waals surface area contributed by atoms with Crippen molar-refractivity contribution in [1.82, 2.24) is 0 Å². The van der Waals surface area contributed by atoms with Crippen LogP contribution in [0, 0.1) is 0 Å². The Morgan fingerprint density at radius 2 is 1.15 bits per heavy atom. The van der Waals surface area contributed by atoms with E-state index in [2.05, 4.69) is 58.9 Å². The number of aliphatic hydroxyl groups is 1. The predicted molar refractivity (Wildman–Crippen MR) is 114 cm³/mol. The highest BCUT2D eigenvalue weighted by atomic mass is 16.3. The van der Waals surface area contributed by atoms with Gasteiger partial charge in [-0.25, -0.2) is 0 Å². The molecule has 0 aliphatic carbocycles. The first-order valence-corrected chi connectivity index (χ1v) is 11.2. The number of hydrogen-bond donors (Lipinski definition) is 1. The summed E-state index contributed by atoms with van der Waals surface area (Å²) in [5.74, 6) is 0. The van der Waals surface area contributed by atoms with Crippen LogP contribution in [0.4, 0.5) is 0 Å². The third-order valence-electron chi connectivity index (χ3n) is 6.14. The largest absolute Gasteiger partial charge is 0.385 e. The summed E-state index contributed by atoms with van der Waals surface area (Å²) in [5, 5.41) is 10.8. The van der Waals surface area contributed by atoms with E-state index in [0.717, 1.165) is 24.9 Å². The van der Waals surface area contributed by atoms with Crippen molar-refractivity contribution < 1.29 is 9.59 Å². The maximum absolute atomic E-state index is 10.8. The van der Waals surface area contributed by atoms with Crippen molar-refractivity contribution in [1.29, 1.82) is 0 Å². The Bertz CT molecular complexity index is 454. The van der Waals surface area contributed by atoms with Crippen LogP contribution in [-0.2, 0) is 12.1 Å². The zero-order chi connectivity index (χ0) is 19.5. The smallest absolute Gasteiger partial charge is 0.104 e. The molecular weight excluding hydrogens is 318 g/mol. The number of quaternary nitrogens is 1. The van der Waals surface area contributed by atoms with Gasteiger partial charge in [0.2, 0.25) is 0 Å². The molecule has 0 atom stereocenters. The van der Waals surface area contributed by atoms with Crippen LogP contribution < -0.4 is 0 Å². The summed E-state index contributed by atoms with van der Waals surface area (Å²) in [6, 6.07) is 8.86. The van der Waals surface area contributed by atoms with Gasteiger partial charge in [0.1, 0.15) is 6.54 Å². The summed E-state index contributed by atoms with van der Waals surface area (Å²) in [6.07, 6.45) is 9.31. The lowest BCUT2D eigenvalue weighted by atomic mass is 9.88. The molecule has 26 heavy (non-hydrogen) atoms. The van der Waals surface area contributed by atoms with Gasteiger partial charge in [0.15, 0.2) is 0 Å². The number of nitrogens with zero attached hydrogens (tertiary/aromatic N) is 1. The van der Waals surface area contributed by atoms with E-state index in [1.165, 1.54) is 68.2 Å². The predicted octanol–water partition coefficient (Wildman–Crippen LogP) is 6.41. The van der Waals surface area contributed by atoms with E-state index < -0.39 is 5.60 Å². The molecular formula is C24H44NO+. The van der Waals surface area contributed by atoms with Gasteiger partial charge in [-0.3, -0.25) is 0 Å². The SMILES string of the molecule is CCCC[N+](CCCC)(CCCC)Cc1ccc(C(O)(CC)CC)cc1. The molecule has 0 amide bonds. The Hall–Kier alpha value is -0.860. The molecule has 2 heteroatoms. The third kappa shape index (κ3) is 6.70. The fraction of sp³-hybridized carbons (Fsp3) is 0.750. The van der Waals surface area contributed by atoms with Gasteiger partial charge in [-0.05, 0) is 37.7 Å². The first kappa shape index (κ1) is 23.2. The molecule has 0 unspecified atom stereocenters. The molecule has 0 saturated carbocycles. The van der Waals surface area contributed by atoms with E-state index in [1.807, 2.05) is 0 Å². The van der Waals surface area contributed by atoms with Crippen molar-refractivity contribution in [3.05, 3.63) is 35.4 Å². The lowest BCUT2D eigenvalue weighted by Crippen LogP contribution is -2.49. The van der Waals surface area contributed by atoms with Gasteiger partial charge < -0.3 is 9.59 Å². The van der Waals surface area contributed by atoms with Gasteiger partial charge in [0, 0.05) is 5.56 Å². The Kier molecular flexibility index (Phi) is 10.5. The first-order chi connectivity index (χ1) is 12.5. The molecule has 0 aliphatic rings. The average molecular weight is 363 g/mol. The van der Waals surface area contributed by atoms with Crippen molar-refractivity contribution in [2.75, 3.05) is 19.6 Å². The van der Waals surface area contributed by atoms with Crippen molar-refractivity contribution in [2.24, 2.45) is 0 Å². The van der Waals surface area contributed by atoms with Crippen LogP contribution in [0.15, 0.2) is 24.3 Å². The van der Waals surface area contributed by atoms with Gasteiger partial charge in [-0.15, -0.1) is 0 Å². The Labute approximate surface area is 163 Å². The van der Waals surface area contributed by atoms with Gasteiger partial charge in [-0.1, -0.05) is 78.1 Å². The molecule has 0 bridgehead atoms. The minimum absolute atomic E-state index is 0.670. The van der Waals surface area contributed by atoms with Crippen LogP contribution in [0.2, 0.25) is 0 Å². The molecule has 1 aromatic carbocycles. The molecule has 0 radical (unpaired) electrons. The van der Waals surface area contributed by atoms with E-state index in [-0.39, 0.29) is 0 Å². The molecule has 0 spiro atoms. The lowest BCUT2D eigenvalue weighted by molar-refractivity contribution is -0.941. The molecule has 1 aromatic rings. The summed E-state index contributed by atoms with van der Waals surface area (Å²) < 4.78 is 1.24. The van der Waals surface area contributed by atoms with E-state index >= 15 is 0 Å². The summed E-state index contributed by atoms with van der Waals surface area (Å²) in [4.78, 5) is 0. The van der Waals surface area contributed by atoms with Crippen LogP contribution >= 0.6 is 0 Å². The van der Waals surface area contributed by atoms with Crippen molar-refractivity contribution in [3.63, 3.8) is 0 Å². The van der Waals surface area contributed by atoms with E-state index in [0.29, 0.717) is 0 Å². The second-order valence-electron chi connectivity index (χ2n) is 8.17. The van der Waals surface area contributed by atoms with Crippen molar-refractivity contribution in [2.45, 2.75) is 98.1 Å². The second kappa shape index (κ2) is 11.8. The van der Waals surface area contributed by atoms with Crippen LogP contribution in [-0.4, -0.2) is 29.2 Å². The molecule has 0 aromatic heterocycles. The summed E-state index contributed by atoms with van der Waals surface area (Å²) >= 11 is 0. The van der Waals surface area contributed by atoms with E-state index in [9.17, 15) is 5.11 Å². The highest BCUT2D eigenvalue weighted by molar-refractivity contribution is 5.26. The summed E-state index contributed by atoms with van der Waals surface area (Å²) in [6.45, 7) is 16.1. The molecule has 1 N–H and O–H groups in total. The number of rotatable bonds is 14. The van der Waals surface area contributed by atoms with Gasteiger partial charge >= 0.3 is 0 Å².